The van der Waals surface area contributed by atoms with Crippen LogP contribution in [0.5, 0.6) is 11.5 Å². The van der Waals surface area contributed by atoms with Crippen LogP contribution in [0, 0.1) is 17.8 Å². The summed E-state index contributed by atoms with van der Waals surface area (Å²) in [6.07, 6.45) is 8.53. The predicted molar refractivity (Wildman–Crippen MR) is 74.6 cm³/mol. The molecule has 0 aromatic heterocycles. The molecule has 104 valence electrons. The minimum Gasteiger partial charge on any atom is -0.508 e. The summed E-state index contributed by atoms with van der Waals surface area (Å²) in [6.45, 7) is 0. The summed E-state index contributed by atoms with van der Waals surface area (Å²) < 4.78 is 0. The van der Waals surface area contributed by atoms with Gasteiger partial charge in [0.2, 0.25) is 0 Å². The van der Waals surface area contributed by atoms with E-state index in [-0.39, 0.29) is 17.1 Å². The van der Waals surface area contributed by atoms with Gasteiger partial charge >= 0.3 is 0 Å². The molecule has 3 rings (SSSR count). The number of hydrazone groups is 1. The van der Waals surface area contributed by atoms with Gasteiger partial charge in [0.1, 0.15) is 11.5 Å². The van der Waals surface area contributed by atoms with Gasteiger partial charge in [-0.3, -0.25) is 4.79 Å². The number of phenolic OH excluding ortho intramolecular Hbond substituents is 2. The number of nitrogens with zero attached hydrogens (tertiary/aromatic N) is 1. The summed E-state index contributed by atoms with van der Waals surface area (Å²) in [6, 6.07) is 3.83. The number of hydrogen-bond donors (Lipinski definition) is 3. The fourth-order valence-corrected chi connectivity index (χ4v) is 2.96. The highest BCUT2D eigenvalue weighted by molar-refractivity contribution is 5.97. The van der Waals surface area contributed by atoms with Gasteiger partial charge in [0, 0.05) is 18.2 Å². The Morgan fingerprint density at radius 2 is 2.15 bits per heavy atom. The molecule has 3 unspecified atom stereocenters. The summed E-state index contributed by atoms with van der Waals surface area (Å²) in [7, 11) is 0. The van der Waals surface area contributed by atoms with Crippen LogP contribution in [0.25, 0.3) is 0 Å². The number of phenols is 2. The van der Waals surface area contributed by atoms with Gasteiger partial charge in [0.05, 0.1) is 5.56 Å². The first-order valence-corrected chi connectivity index (χ1v) is 6.67. The molecule has 0 saturated heterocycles. The van der Waals surface area contributed by atoms with Crippen molar-refractivity contribution in [1.82, 2.24) is 5.43 Å². The molecule has 0 radical (unpaired) electrons. The van der Waals surface area contributed by atoms with E-state index in [0.717, 1.165) is 12.5 Å². The molecular weight excluding hydrogens is 256 g/mol. The van der Waals surface area contributed by atoms with Crippen LogP contribution in [0.2, 0.25) is 0 Å². The van der Waals surface area contributed by atoms with E-state index in [4.69, 9.17) is 0 Å². The van der Waals surface area contributed by atoms with E-state index in [0.29, 0.717) is 17.8 Å². The van der Waals surface area contributed by atoms with Crippen molar-refractivity contribution < 1.29 is 15.0 Å². The molecule has 1 amide bonds. The third-order valence-corrected chi connectivity index (χ3v) is 3.99. The lowest BCUT2D eigenvalue weighted by molar-refractivity contribution is 0.0952. The Bertz CT molecular complexity index is 595. The normalized spacial score (nSPS) is 27.3. The Hall–Kier alpha value is -2.30. The van der Waals surface area contributed by atoms with E-state index in [1.54, 1.807) is 6.21 Å². The number of benzene rings is 1. The van der Waals surface area contributed by atoms with Gasteiger partial charge in [-0.2, -0.15) is 5.10 Å². The van der Waals surface area contributed by atoms with Gasteiger partial charge < -0.3 is 10.2 Å². The Labute approximate surface area is 116 Å². The fraction of sp³-hybridized carbons (Fsp3) is 0.333. The quantitative estimate of drug-likeness (QED) is 0.447. The second-order valence-corrected chi connectivity index (χ2v) is 5.36. The zero-order valence-corrected chi connectivity index (χ0v) is 10.9. The van der Waals surface area contributed by atoms with E-state index in [2.05, 4.69) is 22.7 Å². The summed E-state index contributed by atoms with van der Waals surface area (Å²) >= 11 is 0. The molecule has 5 heteroatoms. The monoisotopic (exact) mass is 272 g/mol. The maximum atomic E-state index is 11.8. The summed E-state index contributed by atoms with van der Waals surface area (Å²) in [5.74, 6) is 0.754. The van der Waals surface area contributed by atoms with Crippen molar-refractivity contribution in [1.29, 1.82) is 0 Å². The average Bonchev–Trinajstić information content (AvgIpc) is 3.00. The van der Waals surface area contributed by atoms with Crippen LogP contribution in [0.1, 0.15) is 23.2 Å². The van der Waals surface area contributed by atoms with E-state index < -0.39 is 5.91 Å². The first-order chi connectivity index (χ1) is 9.63. The number of rotatable bonds is 3. The van der Waals surface area contributed by atoms with Crippen LogP contribution in [0.15, 0.2) is 35.5 Å². The number of allylic oxidation sites excluding steroid dienone is 2. The van der Waals surface area contributed by atoms with Crippen LogP contribution < -0.4 is 5.43 Å². The summed E-state index contributed by atoms with van der Waals surface area (Å²) in [5.41, 5.74) is 2.50. The molecule has 5 nitrogen and oxygen atoms in total. The van der Waals surface area contributed by atoms with Crippen molar-refractivity contribution in [3.05, 3.63) is 35.9 Å². The molecule has 3 atom stereocenters. The molecule has 3 N–H and O–H groups in total. The Morgan fingerprint density at radius 3 is 2.80 bits per heavy atom. The van der Waals surface area contributed by atoms with E-state index in [1.165, 1.54) is 18.6 Å². The van der Waals surface area contributed by atoms with E-state index in [9.17, 15) is 15.0 Å². The maximum absolute atomic E-state index is 11.8. The summed E-state index contributed by atoms with van der Waals surface area (Å²) in [5, 5.41) is 22.7. The van der Waals surface area contributed by atoms with Crippen molar-refractivity contribution in [2.24, 2.45) is 22.9 Å². The van der Waals surface area contributed by atoms with Crippen LogP contribution in [-0.4, -0.2) is 22.3 Å². The Balaban J connectivity index is 1.60. The first kappa shape index (κ1) is 12.7. The zero-order chi connectivity index (χ0) is 14.1. The lowest BCUT2D eigenvalue weighted by Gasteiger charge is -2.12. The van der Waals surface area contributed by atoms with Gasteiger partial charge in [0.15, 0.2) is 0 Å². The third kappa shape index (κ3) is 2.39. The highest BCUT2D eigenvalue weighted by atomic mass is 16.3. The minimum absolute atomic E-state index is 0.0867. The molecule has 0 heterocycles. The zero-order valence-electron chi connectivity index (χ0n) is 10.9. The molecule has 20 heavy (non-hydrogen) atoms. The first-order valence-electron chi connectivity index (χ1n) is 6.67. The van der Waals surface area contributed by atoms with Crippen molar-refractivity contribution in [2.45, 2.75) is 12.8 Å². The number of carbonyl (C=O) groups excluding carboxylic acids is 1. The molecule has 1 saturated carbocycles. The molecule has 2 aliphatic carbocycles. The van der Waals surface area contributed by atoms with Crippen LogP contribution >= 0.6 is 0 Å². The largest absolute Gasteiger partial charge is 0.508 e. The van der Waals surface area contributed by atoms with Crippen molar-refractivity contribution >= 4 is 12.1 Å². The maximum Gasteiger partial charge on any atom is 0.275 e. The highest BCUT2D eigenvalue weighted by Gasteiger charge is 2.34. The second kappa shape index (κ2) is 5.00. The predicted octanol–water partition coefficient (Wildman–Crippen LogP) is 2.03. The number of fused-ring (bicyclic) bond motifs is 2. The number of amides is 1. The van der Waals surface area contributed by atoms with Crippen LogP contribution in [-0.2, 0) is 0 Å². The smallest absolute Gasteiger partial charge is 0.275 e. The third-order valence-electron chi connectivity index (χ3n) is 3.99. The highest BCUT2D eigenvalue weighted by Crippen LogP contribution is 2.42. The number of nitrogens with one attached hydrogen (secondary N) is 1. The van der Waals surface area contributed by atoms with Gasteiger partial charge in [-0.25, -0.2) is 5.43 Å². The van der Waals surface area contributed by atoms with Gasteiger partial charge in [-0.15, -0.1) is 0 Å². The molecule has 1 fully saturated rings. The van der Waals surface area contributed by atoms with Crippen molar-refractivity contribution in [3.63, 3.8) is 0 Å². The molecule has 1 aromatic carbocycles. The topological polar surface area (TPSA) is 81.9 Å². The van der Waals surface area contributed by atoms with Crippen LogP contribution in [0.3, 0.4) is 0 Å². The van der Waals surface area contributed by atoms with Crippen LogP contribution in [0.4, 0.5) is 0 Å². The van der Waals surface area contributed by atoms with Gasteiger partial charge in [-0.1, -0.05) is 12.2 Å². The standard InChI is InChI=1S/C15H16N2O3/c18-12-3-4-13(14(19)7-12)15(20)17-16-8-11-6-9-1-2-10(11)5-9/h1-4,7-11,18-19H,5-6H2,(H,17,20). The minimum atomic E-state index is -0.488. The molecule has 2 bridgehead atoms. The van der Waals surface area contributed by atoms with E-state index in [1.807, 2.05) is 0 Å². The lowest BCUT2D eigenvalue weighted by atomic mass is 9.95. The number of carbonyl (C=O) groups is 1. The van der Waals surface area contributed by atoms with Crippen molar-refractivity contribution in [3.8, 4) is 11.5 Å². The second-order valence-electron chi connectivity index (χ2n) is 5.36. The number of aromatic hydroxyl groups is 2. The summed E-state index contributed by atoms with van der Waals surface area (Å²) in [4.78, 5) is 11.8. The average molecular weight is 272 g/mol. The molecule has 0 aliphatic heterocycles. The molecular formula is C15H16N2O3. The molecule has 2 aliphatic rings. The SMILES string of the molecule is O=C(NN=CC1CC2C=CC1C2)c1ccc(O)cc1O. The lowest BCUT2D eigenvalue weighted by Crippen LogP contribution is -2.19. The van der Waals surface area contributed by atoms with Gasteiger partial charge in [-0.05, 0) is 36.8 Å². The number of hydrogen-bond acceptors (Lipinski definition) is 4. The van der Waals surface area contributed by atoms with Gasteiger partial charge in [0.25, 0.3) is 5.91 Å². The Kier molecular flexibility index (Phi) is 3.18. The fourth-order valence-electron chi connectivity index (χ4n) is 2.96. The molecule has 0 spiro atoms. The molecule has 1 aromatic rings. The van der Waals surface area contributed by atoms with Crippen molar-refractivity contribution in [2.75, 3.05) is 0 Å². The van der Waals surface area contributed by atoms with E-state index >= 15 is 0 Å². The Morgan fingerprint density at radius 1 is 1.30 bits per heavy atom.